The molecule has 0 bridgehead atoms. The van der Waals surface area contributed by atoms with E-state index in [0.29, 0.717) is 32.4 Å². The molecule has 1 atom stereocenters. The van der Waals surface area contributed by atoms with Gasteiger partial charge >= 0.3 is 0 Å². The quantitative estimate of drug-likeness (QED) is 0.312. The van der Waals surface area contributed by atoms with E-state index in [9.17, 15) is 18.0 Å². The van der Waals surface area contributed by atoms with Crippen LogP contribution in [0.2, 0.25) is 10.0 Å². The van der Waals surface area contributed by atoms with Crippen molar-refractivity contribution in [2.24, 2.45) is 0 Å². The normalized spacial score (nSPS) is 12.2. The zero-order chi connectivity index (χ0) is 29.6. The third-order valence-corrected chi connectivity index (χ3v) is 8.13. The van der Waals surface area contributed by atoms with Gasteiger partial charge in [0, 0.05) is 29.1 Å². The van der Waals surface area contributed by atoms with Gasteiger partial charge in [-0.05, 0) is 62.1 Å². The lowest BCUT2D eigenvalue weighted by molar-refractivity contribution is -0.140. The van der Waals surface area contributed by atoms with Crippen molar-refractivity contribution in [3.63, 3.8) is 0 Å². The molecule has 0 heterocycles. The minimum Gasteiger partial charge on any atom is -0.352 e. The Morgan fingerprint density at radius 1 is 0.925 bits per heavy atom. The number of rotatable bonds is 11. The van der Waals surface area contributed by atoms with Gasteiger partial charge in [0.1, 0.15) is 12.6 Å². The first kappa shape index (κ1) is 31.5. The molecule has 3 rings (SSSR count). The van der Waals surface area contributed by atoms with Gasteiger partial charge in [-0.15, -0.1) is 0 Å². The van der Waals surface area contributed by atoms with Crippen LogP contribution in [0, 0.1) is 13.8 Å². The van der Waals surface area contributed by atoms with E-state index in [-0.39, 0.29) is 24.9 Å². The Labute approximate surface area is 247 Å². The molecular weight excluding hydrogens is 569 g/mol. The van der Waals surface area contributed by atoms with Crippen molar-refractivity contribution >= 4 is 50.7 Å². The lowest BCUT2D eigenvalue weighted by Crippen LogP contribution is -2.54. The summed E-state index contributed by atoms with van der Waals surface area (Å²) in [4.78, 5) is 29.2. The number of anilines is 1. The fourth-order valence-corrected chi connectivity index (χ4v) is 5.98. The predicted molar refractivity (Wildman–Crippen MR) is 162 cm³/mol. The fraction of sp³-hybridized carbons (Fsp3) is 0.333. The number of nitrogens with zero attached hydrogens (tertiary/aromatic N) is 2. The summed E-state index contributed by atoms with van der Waals surface area (Å²) in [7, 11) is -3.86. The Hall–Kier alpha value is -3.07. The Kier molecular flexibility index (Phi) is 10.6. The molecule has 0 spiro atoms. The fourth-order valence-electron chi connectivity index (χ4n) is 4.54. The minimum absolute atomic E-state index is 0.0256. The molecule has 1 N–H and O–H groups in total. The second kappa shape index (κ2) is 13.5. The van der Waals surface area contributed by atoms with Crippen LogP contribution in [0.25, 0.3) is 0 Å². The number of hydrogen-bond donors (Lipinski definition) is 1. The van der Waals surface area contributed by atoms with E-state index < -0.39 is 28.5 Å². The Morgan fingerprint density at radius 3 is 2.10 bits per heavy atom. The van der Waals surface area contributed by atoms with Crippen LogP contribution in [-0.4, -0.2) is 50.0 Å². The molecule has 0 aliphatic carbocycles. The van der Waals surface area contributed by atoms with Crippen LogP contribution in [0.4, 0.5) is 5.69 Å². The van der Waals surface area contributed by atoms with E-state index in [2.05, 4.69) is 5.32 Å². The second-order valence-corrected chi connectivity index (χ2v) is 12.9. The summed E-state index contributed by atoms with van der Waals surface area (Å²) >= 11 is 12.6. The molecule has 3 aromatic rings. The van der Waals surface area contributed by atoms with Gasteiger partial charge in [0.2, 0.25) is 21.8 Å². The van der Waals surface area contributed by atoms with E-state index in [1.807, 2.05) is 50.2 Å². The van der Waals surface area contributed by atoms with Gasteiger partial charge in [-0.2, -0.15) is 0 Å². The van der Waals surface area contributed by atoms with E-state index in [4.69, 9.17) is 23.2 Å². The molecule has 3 aromatic carbocycles. The number of aryl methyl sites for hydroxylation is 2. The summed E-state index contributed by atoms with van der Waals surface area (Å²) in [5.41, 5.74) is 3.29. The van der Waals surface area contributed by atoms with Gasteiger partial charge in [0.05, 0.1) is 11.9 Å². The number of nitrogens with one attached hydrogen (secondary N) is 1. The van der Waals surface area contributed by atoms with Crippen molar-refractivity contribution in [1.82, 2.24) is 10.2 Å². The molecule has 0 fully saturated rings. The van der Waals surface area contributed by atoms with Crippen LogP contribution >= 0.6 is 23.2 Å². The van der Waals surface area contributed by atoms with Crippen LogP contribution in [-0.2, 0) is 32.6 Å². The Morgan fingerprint density at radius 2 is 1.55 bits per heavy atom. The molecular formula is C30H35Cl2N3O4S. The standard InChI is InChI=1S/C30H35Cl2N3O4S/c1-20(2)33-30(37)27(16-23-12-7-6-8-13-23)34(18-24-14-15-25(31)17-26(24)32)28(36)19-35(40(5,38)39)29-21(3)10-9-11-22(29)4/h6-15,17,20,27H,16,18-19H2,1-5H3,(H,33,37). The molecule has 0 saturated heterocycles. The van der Waals surface area contributed by atoms with Crippen molar-refractivity contribution < 1.29 is 18.0 Å². The van der Waals surface area contributed by atoms with E-state index in [1.54, 1.807) is 44.2 Å². The number of carbonyl (C=O) groups excluding carboxylic acids is 2. The summed E-state index contributed by atoms with van der Waals surface area (Å²) in [5, 5.41) is 3.69. The average Bonchev–Trinajstić information content (AvgIpc) is 2.86. The number of benzene rings is 3. The molecule has 40 heavy (non-hydrogen) atoms. The van der Waals surface area contributed by atoms with Crippen molar-refractivity contribution in [3.05, 3.63) is 99.0 Å². The molecule has 0 radical (unpaired) electrons. The van der Waals surface area contributed by atoms with Gasteiger partial charge in [-0.3, -0.25) is 13.9 Å². The van der Waals surface area contributed by atoms with Crippen molar-refractivity contribution in [2.75, 3.05) is 17.1 Å². The summed E-state index contributed by atoms with van der Waals surface area (Å²) in [6, 6.07) is 18.6. The maximum atomic E-state index is 14.2. The molecule has 0 aliphatic heterocycles. The highest BCUT2D eigenvalue weighted by atomic mass is 35.5. The topological polar surface area (TPSA) is 86.8 Å². The van der Waals surface area contributed by atoms with Crippen molar-refractivity contribution in [1.29, 1.82) is 0 Å². The Balaban J connectivity index is 2.12. The van der Waals surface area contributed by atoms with Gasteiger partial charge in [0.15, 0.2) is 0 Å². The molecule has 7 nitrogen and oxygen atoms in total. The van der Waals surface area contributed by atoms with E-state index in [1.165, 1.54) is 4.90 Å². The lowest BCUT2D eigenvalue weighted by atomic mass is 10.0. The summed E-state index contributed by atoms with van der Waals surface area (Å²) < 4.78 is 27.2. The molecule has 1 unspecified atom stereocenters. The molecule has 214 valence electrons. The van der Waals surface area contributed by atoms with Crippen LogP contribution in [0.1, 0.15) is 36.1 Å². The highest BCUT2D eigenvalue weighted by molar-refractivity contribution is 7.92. The maximum Gasteiger partial charge on any atom is 0.244 e. The molecule has 10 heteroatoms. The van der Waals surface area contributed by atoms with Crippen LogP contribution in [0.5, 0.6) is 0 Å². The zero-order valence-electron chi connectivity index (χ0n) is 23.3. The third kappa shape index (κ3) is 8.22. The van der Waals surface area contributed by atoms with Gasteiger partial charge in [-0.1, -0.05) is 77.8 Å². The Bertz CT molecular complexity index is 1440. The maximum absolute atomic E-state index is 14.2. The van der Waals surface area contributed by atoms with Gasteiger partial charge < -0.3 is 10.2 Å². The largest absolute Gasteiger partial charge is 0.352 e. The average molecular weight is 605 g/mol. The molecule has 0 aromatic heterocycles. The first-order chi connectivity index (χ1) is 18.8. The van der Waals surface area contributed by atoms with Gasteiger partial charge in [0.25, 0.3) is 0 Å². The van der Waals surface area contributed by atoms with Crippen molar-refractivity contribution in [3.8, 4) is 0 Å². The number of amides is 2. The van der Waals surface area contributed by atoms with Crippen LogP contribution in [0.3, 0.4) is 0 Å². The van der Waals surface area contributed by atoms with Crippen LogP contribution < -0.4 is 9.62 Å². The number of carbonyl (C=O) groups is 2. The van der Waals surface area contributed by atoms with Crippen molar-refractivity contribution in [2.45, 2.75) is 52.7 Å². The second-order valence-electron chi connectivity index (χ2n) is 10.1. The first-order valence-corrected chi connectivity index (χ1v) is 15.5. The van der Waals surface area contributed by atoms with Gasteiger partial charge in [-0.25, -0.2) is 8.42 Å². The summed E-state index contributed by atoms with van der Waals surface area (Å²) in [5.74, 6) is -0.894. The number of hydrogen-bond acceptors (Lipinski definition) is 4. The molecule has 0 saturated carbocycles. The predicted octanol–water partition coefficient (Wildman–Crippen LogP) is 5.54. The highest BCUT2D eigenvalue weighted by Gasteiger charge is 2.34. The minimum atomic E-state index is -3.86. The number of sulfonamides is 1. The summed E-state index contributed by atoms with van der Waals surface area (Å²) in [6.07, 6.45) is 1.29. The number of para-hydroxylation sites is 1. The zero-order valence-corrected chi connectivity index (χ0v) is 25.6. The van der Waals surface area contributed by atoms with E-state index >= 15 is 0 Å². The summed E-state index contributed by atoms with van der Waals surface area (Å²) in [6.45, 7) is 6.76. The monoisotopic (exact) mass is 603 g/mol. The number of halogens is 2. The molecule has 0 aliphatic rings. The lowest BCUT2D eigenvalue weighted by Gasteiger charge is -2.34. The van der Waals surface area contributed by atoms with Crippen LogP contribution in [0.15, 0.2) is 66.7 Å². The highest BCUT2D eigenvalue weighted by Crippen LogP contribution is 2.28. The first-order valence-electron chi connectivity index (χ1n) is 12.9. The van der Waals surface area contributed by atoms with E-state index in [0.717, 1.165) is 16.1 Å². The smallest absolute Gasteiger partial charge is 0.244 e. The molecule has 2 amide bonds. The SMILES string of the molecule is Cc1cccc(C)c1N(CC(=O)N(Cc1ccc(Cl)cc1Cl)C(Cc1ccccc1)C(=O)NC(C)C)S(C)(=O)=O. The third-order valence-electron chi connectivity index (χ3n) is 6.43.